The first kappa shape index (κ1) is 15.2. The molecule has 1 aliphatic rings. The van der Waals surface area contributed by atoms with E-state index < -0.39 is 5.97 Å². The maximum Gasteiger partial charge on any atom is 0.355 e. The highest BCUT2D eigenvalue weighted by Crippen LogP contribution is 2.36. The molecule has 1 aromatic heterocycles. The number of rotatable bonds is 2. The Hall–Kier alpha value is -2.37. The Balaban J connectivity index is 1.62. The van der Waals surface area contributed by atoms with Gasteiger partial charge in [-0.05, 0) is 36.2 Å². The van der Waals surface area contributed by atoms with E-state index in [0.29, 0.717) is 28.5 Å². The van der Waals surface area contributed by atoms with Crippen molar-refractivity contribution in [2.24, 2.45) is 0 Å². The van der Waals surface area contributed by atoms with Crippen molar-refractivity contribution >= 4 is 50.6 Å². The van der Waals surface area contributed by atoms with Crippen LogP contribution in [0.25, 0.3) is 10.1 Å². The van der Waals surface area contributed by atoms with E-state index in [0.717, 1.165) is 21.3 Å². The highest BCUT2D eigenvalue weighted by molar-refractivity contribution is 7.21. The predicted molar refractivity (Wildman–Crippen MR) is 95.2 cm³/mol. The number of fused-ring (bicyclic) bond motifs is 2. The van der Waals surface area contributed by atoms with Crippen LogP contribution in [0.1, 0.15) is 21.7 Å². The van der Waals surface area contributed by atoms with Crippen LogP contribution in [0.15, 0.2) is 42.5 Å². The Labute approximate surface area is 147 Å². The van der Waals surface area contributed by atoms with Crippen molar-refractivity contribution in [1.29, 1.82) is 0 Å². The first-order valence-corrected chi connectivity index (χ1v) is 8.63. The smallest absolute Gasteiger partial charge is 0.355 e. The highest BCUT2D eigenvalue weighted by atomic mass is 35.5. The second kappa shape index (κ2) is 5.92. The van der Waals surface area contributed by atoms with Gasteiger partial charge in [-0.3, -0.25) is 4.79 Å². The molecule has 0 unspecified atom stereocenters. The zero-order valence-electron chi connectivity index (χ0n) is 12.5. The standard InChI is InChI=1S/C18H12ClNO3S/c19-16-12-3-1-2-4-14(12)24-17(16)18(22)23-11-6-7-13-10(9-11)5-8-15(21)20-13/h1-4,6-7,9H,5,8H2,(H,20,21). The number of halogens is 1. The number of anilines is 1. The van der Waals surface area contributed by atoms with Crippen molar-refractivity contribution in [3.05, 3.63) is 57.9 Å². The Kier molecular flexibility index (Phi) is 3.75. The molecule has 1 aliphatic heterocycles. The minimum absolute atomic E-state index is 0.00398. The molecule has 24 heavy (non-hydrogen) atoms. The number of esters is 1. The van der Waals surface area contributed by atoms with Crippen LogP contribution in [-0.2, 0) is 11.2 Å². The lowest BCUT2D eigenvalue weighted by Crippen LogP contribution is -2.19. The average Bonchev–Trinajstić information content (AvgIpc) is 2.92. The number of thiophene rings is 1. The molecular weight excluding hydrogens is 346 g/mol. The summed E-state index contributed by atoms with van der Waals surface area (Å²) in [5, 5.41) is 4.07. The van der Waals surface area contributed by atoms with Crippen LogP contribution in [0, 0.1) is 0 Å². The molecular formula is C18H12ClNO3S. The molecule has 0 aliphatic carbocycles. The third-order valence-electron chi connectivity index (χ3n) is 3.90. The van der Waals surface area contributed by atoms with Crippen LogP contribution in [-0.4, -0.2) is 11.9 Å². The molecule has 2 aromatic carbocycles. The number of hydrogen-bond donors (Lipinski definition) is 1. The number of ether oxygens (including phenoxy) is 1. The van der Waals surface area contributed by atoms with E-state index in [1.807, 2.05) is 24.3 Å². The minimum Gasteiger partial charge on any atom is -0.422 e. The summed E-state index contributed by atoms with van der Waals surface area (Å²) in [6.07, 6.45) is 1.07. The van der Waals surface area contributed by atoms with Gasteiger partial charge in [0.2, 0.25) is 5.91 Å². The predicted octanol–water partition coefficient (Wildman–Crippen LogP) is 4.66. The summed E-state index contributed by atoms with van der Waals surface area (Å²) in [4.78, 5) is 24.2. The summed E-state index contributed by atoms with van der Waals surface area (Å²) in [5.74, 6) is -0.0197. The summed E-state index contributed by atoms with van der Waals surface area (Å²) < 4.78 is 6.42. The number of carbonyl (C=O) groups is 2. The van der Waals surface area contributed by atoms with E-state index in [1.165, 1.54) is 11.3 Å². The highest BCUT2D eigenvalue weighted by Gasteiger charge is 2.20. The van der Waals surface area contributed by atoms with Crippen LogP contribution in [0.2, 0.25) is 5.02 Å². The molecule has 6 heteroatoms. The summed E-state index contributed by atoms with van der Waals surface area (Å²) in [7, 11) is 0. The number of nitrogens with one attached hydrogen (secondary N) is 1. The van der Waals surface area contributed by atoms with Crippen molar-refractivity contribution in [3.63, 3.8) is 0 Å². The van der Waals surface area contributed by atoms with Gasteiger partial charge in [0, 0.05) is 22.2 Å². The van der Waals surface area contributed by atoms with Gasteiger partial charge in [0.1, 0.15) is 10.6 Å². The molecule has 0 saturated carbocycles. The second-order valence-electron chi connectivity index (χ2n) is 5.50. The third-order valence-corrected chi connectivity index (χ3v) is 5.56. The van der Waals surface area contributed by atoms with E-state index in [-0.39, 0.29) is 5.91 Å². The molecule has 0 radical (unpaired) electrons. The quantitative estimate of drug-likeness (QED) is 0.536. The SMILES string of the molecule is O=C1CCc2cc(OC(=O)c3sc4ccccc4c3Cl)ccc2N1. The zero-order valence-corrected chi connectivity index (χ0v) is 14.0. The summed E-state index contributed by atoms with van der Waals surface area (Å²) in [5.41, 5.74) is 1.73. The van der Waals surface area contributed by atoms with Crippen molar-refractivity contribution in [3.8, 4) is 5.75 Å². The summed E-state index contributed by atoms with van der Waals surface area (Å²) in [6.45, 7) is 0. The Bertz CT molecular complexity index is 980. The molecule has 0 fully saturated rings. The van der Waals surface area contributed by atoms with Gasteiger partial charge in [0.05, 0.1) is 5.02 Å². The molecule has 120 valence electrons. The van der Waals surface area contributed by atoms with Gasteiger partial charge in [0.15, 0.2) is 0 Å². The number of amides is 1. The fraction of sp³-hybridized carbons (Fsp3) is 0.111. The maximum absolute atomic E-state index is 12.5. The summed E-state index contributed by atoms with van der Waals surface area (Å²) >= 11 is 7.63. The van der Waals surface area contributed by atoms with E-state index >= 15 is 0 Å². The van der Waals surface area contributed by atoms with Gasteiger partial charge < -0.3 is 10.1 Å². The van der Waals surface area contributed by atoms with Crippen LogP contribution in [0.3, 0.4) is 0 Å². The first-order chi connectivity index (χ1) is 11.6. The number of carbonyl (C=O) groups excluding carboxylic acids is 2. The normalized spacial score (nSPS) is 13.5. The Morgan fingerprint density at radius 2 is 2.00 bits per heavy atom. The lowest BCUT2D eigenvalue weighted by Gasteiger charge is -2.17. The van der Waals surface area contributed by atoms with Gasteiger partial charge in [-0.25, -0.2) is 4.79 Å². The lowest BCUT2D eigenvalue weighted by atomic mass is 10.0. The molecule has 3 aromatic rings. The Morgan fingerprint density at radius 3 is 2.83 bits per heavy atom. The maximum atomic E-state index is 12.5. The largest absolute Gasteiger partial charge is 0.422 e. The third kappa shape index (κ3) is 2.66. The molecule has 1 amide bonds. The molecule has 4 nitrogen and oxygen atoms in total. The Morgan fingerprint density at radius 1 is 1.17 bits per heavy atom. The fourth-order valence-electron chi connectivity index (χ4n) is 2.72. The number of hydrogen-bond acceptors (Lipinski definition) is 4. The minimum atomic E-state index is -0.471. The second-order valence-corrected chi connectivity index (χ2v) is 6.93. The number of benzene rings is 2. The molecule has 0 spiro atoms. The van der Waals surface area contributed by atoms with Gasteiger partial charge in [0.25, 0.3) is 0 Å². The van der Waals surface area contributed by atoms with E-state index in [1.54, 1.807) is 18.2 Å². The molecule has 0 saturated heterocycles. The van der Waals surface area contributed by atoms with Crippen LogP contribution < -0.4 is 10.1 Å². The zero-order chi connectivity index (χ0) is 16.7. The van der Waals surface area contributed by atoms with Crippen molar-refractivity contribution < 1.29 is 14.3 Å². The van der Waals surface area contributed by atoms with Crippen molar-refractivity contribution in [2.75, 3.05) is 5.32 Å². The fourth-order valence-corrected chi connectivity index (χ4v) is 4.11. The van der Waals surface area contributed by atoms with Crippen molar-refractivity contribution in [1.82, 2.24) is 0 Å². The molecule has 0 atom stereocenters. The van der Waals surface area contributed by atoms with E-state index in [9.17, 15) is 9.59 Å². The monoisotopic (exact) mass is 357 g/mol. The number of aryl methyl sites for hydroxylation is 1. The van der Waals surface area contributed by atoms with Gasteiger partial charge >= 0.3 is 5.97 Å². The topological polar surface area (TPSA) is 55.4 Å². The van der Waals surface area contributed by atoms with Crippen LogP contribution in [0.4, 0.5) is 5.69 Å². The molecule has 1 N–H and O–H groups in total. The summed E-state index contributed by atoms with van der Waals surface area (Å²) in [6, 6.07) is 12.8. The van der Waals surface area contributed by atoms with E-state index in [4.69, 9.17) is 16.3 Å². The van der Waals surface area contributed by atoms with Crippen LogP contribution in [0.5, 0.6) is 5.75 Å². The van der Waals surface area contributed by atoms with Gasteiger partial charge in [-0.1, -0.05) is 29.8 Å². The molecule has 4 rings (SSSR count). The van der Waals surface area contributed by atoms with Gasteiger partial charge in [-0.15, -0.1) is 11.3 Å². The van der Waals surface area contributed by atoms with Gasteiger partial charge in [-0.2, -0.15) is 0 Å². The molecule has 2 heterocycles. The van der Waals surface area contributed by atoms with E-state index in [2.05, 4.69) is 5.32 Å². The molecule has 0 bridgehead atoms. The van der Waals surface area contributed by atoms with Crippen LogP contribution >= 0.6 is 22.9 Å². The lowest BCUT2D eigenvalue weighted by molar-refractivity contribution is -0.116. The van der Waals surface area contributed by atoms with Crippen molar-refractivity contribution in [2.45, 2.75) is 12.8 Å². The average molecular weight is 358 g/mol. The first-order valence-electron chi connectivity index (χ1n) is 7.44.